The second kappa shape index (κ2) is 11.2. The molecular weight excluding hydrogens is 510 g/mol. The number of anilines is 2. The fourth-order valence-electron chi connectivity index (χ4n) is 6.26. The van der Waals surface area contributed by atoms with E-state index in [0.717, 1.165) is 85.8 Å². The van der Waals surface area contributed by atoms with E-state index >= 15 is 0 Å². The third-order valence-corrected chi connectivity index (χ3v) is 8.75. The lowest BCUT2D eigenvalue weighted by molar-refractivity contribution is 0.275. The first kappa shape index (κ1) is 27.3. The Kier molecular flexibility index (Phi) is 7.43. The first-order valence-electron chi connectivity index (χ1n) is 14.7. The number of fused-ring (bicyclic) bond motifs is 1. The van der Waals surface area contributed by atoms with E-state index in [1.54, 1.807) is 24.8 Å². The predicted molar refractivity (Wildman–Crippen MR) is 163 cm³/mol. The third-order valence-electron chi connectivity index (χ3n) is 8.75. The van der Waals surface area contributed by atoms with E-state index in [9.17, 15) is 5.11 Å². The second-order valence-corrected chi connectivity index (χ2v) is 12.0. The maximum atomic E-state index is 10.5. The maximum absolute atomic E-state index is 10.5. The van der Waals surface area contributed by atoms with Crippen LogP contribution in [0.2, 0.25) is 0 Å². The Morgan fingerprint density at radius 2 is 1.73 bits per heavy atom. The molecular formula is C33H39N7O. The summed E-state index contributed by atoms with van der Waals surface area (Å²) in [6.07, 6.45) is 11.0. The quantitative estimate of drug-likeness (QED) is 0.335. The van der Waals surface area contributed by atoms with E-state index in [4.69, 9.17) is 9.97 Å². The lowest BCUT2D eigenvalue weighted by Crippen LogP contribution is -2.38. The molecule has 1 fully saturated rings. The third kappa shape index (κ3) is 5.40. The minimum atomic E-state index is -0.0726. The zero-order valence-corrected chi connectivity index (χ0v) is 24.6. The molecule has 1 N–H and O–H groups in total. The summed E-state index contributed by atoms with van der Waals surface area (Å²) in [6, 6.07) is 8.64. The van der Waals surface area contributed by atoms with E-state index in [-0.39, 0.29) is 6.61 Å². The van der Waals surface area contributed by atoms with E-state index in [2.05, 4.69) is 70.6 Å². The molecule has 0 saturated carbocycles. The van der Waals surface area contributed by atoms with Gasteiger partial charge in [0.25, 0.3) is 0 Å². The predicted octanol–water partition coefficient (Wildman–Crippen LogP) is 5.55. The highest BCUT2D eigenvalue weighted by Gasteiger charge is 2.30. The summed E-state index contributed by atoms with van der Waals surface area (Å²) in [5.74, 6) is 0.705. The fraction of sp³-hybridized carbons (Fsp3) is 0.424. The van der Waals surface area contributed by atoms with Crippen LogP contribution in [0.5, 0.6) is 0 Å². The first-order valence-corrected chi connectivity index (χ1v) is 14.7. The summed E-state index contributed by atoms with van der Waals surface area (Å²) in [7, 11) is 0. The molecule has 8 nitrogen and oxygen atoms in total. The van der Waals surface area contributed by atoms with Gasteiger partial charge in [-0.2, -0.15) is 0 Å². The van der Waals surface area contributed by atoms with Crippen LogP contribution in [0.15, 0.2) is 49.1 Å². The minimum Gasteiger partial charge on any atom is -0.390 e. The van der Waals surface area contributed by atoms with Crippen molar-refractivity contribution in [2.24, 2.45) is 5.41 Å². The van der Waals surface area contributed by atoms with Gasteiger partial charge in [-0.3, -0.25) is 15.0 Å². The van der Waals surface area contributed by atoms with E-state index in [1.165, 1.54) is 22.4 Å². The number of piperidine rings is 1. The normalized spacial score (nSPS) is 16.5. The molecule has 0 amide bonds. The van der Waals surface area contributed by atoms with Crippen molar-refractivity contribution < 1.29 is 5.11 Å². The number of aliphatic hydroxyl groups excluding tert-OH is 1. The number of pyridine rings is 1. The molecule has 5 heterocycles. The van der Waals surface area contributed by atoms with Gasteiger partial charge in [-0.05, 0) is 66.3 Å². The number of hydrogen-bond acceptors (Lipinski definition) is 8. The van der Waals surface area contributed by atoms with Crippen LogP contribution in [0.1, 0.15) is 61.7 Å². The largest absolute Gasteiger partial charge is 0.390 e. The van der Waals surface area contributed by atoms with Crippen molar-refractivity contribution in [3.8, 4) is 22.5 Å². The number of benzene rings is 1. The Labute approximate surface area is 242 Å². The van der Waals surface area contributed by atoms with Gasteiger partial charge in [-0.15, -0.1) is 0 Å². The molecule has 2 aliphatic rings. The van der Waals surface area contributed by atoms with Crippen molar-refractivity contribution in [3.05, 3.63) is 77.1 Å². The van der Waals surface area contributed by atoms with Crippen molar-refractivity contribution in [2.75, 3.05) is 29.4 Å². The summed E-state index contributed by atoms with van der Waals surface area (Å²) in [4.78, 5) is 27.6. The molecule has 0 spiro atoms. The SMILES string of the molecule is CCc1c(C)nc(CO)c(-c2ccc3c(c2)CCN(c2nccc(-c4cnccn4)n2)C3)c1N1CCC(C)(C)CC1. The van der Waals surface area contributed by atoms with Crippen molar-refractivity contribution in [1.29, 1.82) is 0 Å². The highest BCUT2D eigenvalue weighted by Crippen LogP contribution is 2.42. The summed E-state index contributed by atoms with van der Waals surface area (Å²) in [5.41, 5.74) is 11.1. The molecule has 4 aromatic rings. The average molecular weight is 550 g/mol. The standard InChI is InChI=1S/C33H39N7O/c1-5-26-22(2)37-29(21-41)30(31(26)39-16-10-33(3,4)11-17-39)24-6-7-25-20-40(15-9-23(25)18-24)32-36-12-8-27(38-32)28-19-34-13-14-35-28/h6-8,12-14,18-19,41H,5,9-11,15-17,20-21H2,1-4H3. The van der Waals surface area contributed by atoms with Crippen LogP contribution in [0, 0.1) is 12.3 Å². The monoisotopic (exact) mass is 549 g/mol. The van der Waals surface area contributed by atoms with Gasteiger partial charge in [0.2, 0.25) is 5.95 Å². The molecule has 0 bridgehead atoms. The summed E-state index contributed by atoms with van der Waals surface area (Å²) < 4.78 is 0. The highest BCUT2D eigenvalue weighted by molar-refractivity contribution is 5.84. The molecule has 1 aromatic carbocycles. The molecule has 8 heteroatoms. The molecule has 41 heavy (non-hydrogen) atoms. The number of nitrogens with zero attached hydrogens (tertiary/aromatic N) is 7. The lowest BCUT2D eigenvalue weighted by atomic mass is 9.82. The highest BCUT2D eigenvalue weighted by atomic mass is 16.3. The summed E-state index contributed by atoms with van der Waals surface area (Å²) >= 11 is 0. The van der Waals surface area contributed by atoms with Gasteiger partial charge in [0.15, 0.2) is 0 Å². The Bertz CT molecular complexity index is 1540. The maximum Gasteiger partial charge on any atom is 0.226 e. The van der Waals surface area contributed by atoms with Gasteiger partial charge in [0, 0.05) is 56.0 Å². The van der Waals surface area contributed by atoms with Gasteiger partial charge in [-0.1, -0.05) is 39.0 Å². The van der Waals surface area contributed by atoms with Crippen molar-refractivity contribution in [2.45, 2.75) is 66.5 Å². The zero-order chi connectivity index (χ0) is 28.6. The van der Waals surface area contributed by atoms with E-state index in [1.807, 2.05) is 6.07 Å². The van der Waals surface area contributed by atoms with Crippen molar-refractivity contribution >= 4 is 11.6 Å². The van der Waals surface area contributed by atoms with Gasteiger partial charge >= 0.3 is 0 Å². The number of rotatable bonds is 6. The minimum absolute atomic E-state index is 0.0726. The lowest BCUT2D eigenvalue weighted by Gasteiger charge is -2.40. The van der Waals surface area contributed by atoms with Crippen LogP contribution in [0.3, 0.4) is 0 Å². The Morgan fingerprint density at radius 3 is 2.46 bits per heavy atom. The summed E-state index contributed by atoms with van der Waals surface area (Å²) in [6.45, 7) is 12.6. The van der Waals surface area contributed by atoms with Gasteiger partial charge in [0.1, 0.15) is 5.69 Å². The summed E-state index contributed by atoms with van der Waals surface area (Å²) in [5, 5.41) is 10.5. The van der Waals surface area contributed by atoms with Crippen LogP contribution >= 0.6 is 0 Å². The average Bonchev–Trinajstić information content (AvgIpc) is 3.00. The van der Waals surface area contributed by atoms with Crippen molar-refractivity contribution in [3.63, 3.8) is 0 Å². The van der Waals surface area contributed by atoms with Crippen LogP contribution in [0.4, 0.5) is 11.6 Å². The molecule has 212 valence electrons. The molecule has 1 saturated heterocycles. The smallest absolute Gasteiger partial charge is 0.226 e. The first-order chi connectivity index (χ1) is 19.9. The number of aryl methyl sites for hydroxylation is 1. The molecule has 3 aromatic heterocycles. The Balaban J connectivity index is 1.34. The Morgan fingerprint density at radius 1 is 0.902 bits per heavy atom. The number of hydrogen-bond donors (Lipinski definition) is 1. The van der Waals surface area contributed by atoms with E-state index in [0.29, 0.717) is 11.4 Å². The molecule has 6 rings (SSSR count). The molecule has 0 radical (unpaired) electrons. The van der Waals surface area contributed by atoms with Gasteiger partial charge < -0.3 is 14.9 Å². The van der Waals surface area contributed by atoms with Crippen LogP contribution in [-0.4, -0.2) is 49.7 Å². The number of aliphatic hydroxyl groups is 1. The Hall–Kier alpha value is -3.91. The van der Waals surface area contributed by atoms with Gasteiger partial charge in [0.05, 0.1) is 29.9 Å². The van der Waals surface area contributed by atoms with Crippen molar-refractivity contribution in [1.82, 2.24) is 24.9 Å². The van der Waals surface area contributed by atoms with Crippen LogP contribution in [0.25, 0.3) is 22.5 Å². The van der Waals surface area contributed by atoms with Gasteiger partial charge in [-0.25, -0.2) is 9.97 Å². The topological polar surface area (TPSA) is 91.2 Å². The molecule has 2 aliphatic heterocycles. The fourth-order valence-corrected chi connectivity index (χ4v) is 6.26. The zero-order valence-electron chi connectivity index (χ0n) is 24.6. The molecule has 0 aliphatic carbocycles. The van der Waals surface area contributed by atoms with Crippen LogP contribution in [-0.2, 0) is 26.0 Å². The number of aromatic nitrogens is 5. The van der Waals surface area contributed by atoms with E-state index < -0.39 is 0 Å². The van der Waals surface area contributed by atoms with Crippen LogP contribution < -0.4 is 9.80 Å². The molecule has 0 unspecified atom stereocenters. The molecule has 0 atom stereocenters. The second-order valence-electron chi connectivity index (χ2n) is 12.0.